The van der Waals surface area contributed by atoms with E-state index in [0.717, 1.165) is 0 Å². The molecule has 1 aliphatic rings. The van der Waals surface area contributed by atoms with Crippen molar-refractivity contribution in [3.8, 4) is 5.75 Å². The van der Waals surface area contributed by atoms with Gasteiger partial charge in [-0.3, -0.25) is 4.79 Å². The van der Waals surface area contributed by atoms with Crippen molar-refractivity contribution in [1.29, 1.82) is 0 Å². The lowest BCUT2D eigenvalue weighted by Gasteiger charge is -2.34. The van der Waals surface area contributed by atoms with E-state index in [9.17, 15) is 9.59 Å². The van der Waals surface area contributed by atoms with Crippen LogP contribution < -0.4 is 4.74 Å². The first-order valence-corrected chi connectivity index (χ1v) is 7.70. The number of amides is 2. The summed E-state index contributed by atoms with van der Waals surface area (Å²) < 4.78 is 10.4. The van der Waals surface area contributed by atoms with E-state index in [1.54, 1.807) is 47.1 Å². The quantitative estimate of drug-likeness (QED) is 0.781. The van der Waals surface area contributed by atoms with Gasteiger partial charge < -0.3 is 19.3 Å². The Balaban J connectivity index is 1.94. The maximum Gasteiger partial charge on any atom is 0.409 e. The van der Waals surface area contributed by atoms with Crippen molar-refractivity contribution < 1.29 is 19.1 Å². The Morgan fingerprint density at radius 2 is 1.91 bits per heavy atom. The van der Waals surface area contributed by atoms with E-state index in [1.165, 1.54) is 0 Å². The van der Waals surface area contributed by atoms with Crippen LogP contribution in [-0.4, -0.2) is 61.2 Å². The SMILES string of the molecule is C=CCOc1cccc(C(=O)N2CCN(C(=O)OCC)CC2)c1. The molecule has 2 rings (SSSR count). The van der Waals surface area contributed by atoms with Crippen molar-refractivity contribution in [2.45, 2.75) is 6.92 Å². The predicted octanol–water partition coefficient (Wildman–Crippen LogP) is 2.17. The first-order chi connectivity index (χ1) is 11.2. The van der Waals surface area contributed by atoms with Crippen LogP contribution in [0.3, 0.4) is 0 Å². The second-order valence-electron chi connectivity index (χ2n) is 5.11. The highest BCUT2D eigenvalue weighted by molar-refractivity contribution is 5.94. The minimum absolute atomic E-state index is 0.0578. The molecule has 2 amide bonds. The smallest absolute Gasteiger partial charge is 0.409 e. The summed E-state index contributed by atoms with van der Waals surface area (Å²) in [6.45, 7) is 8.09. The Bertz CT molecular complexity index is 565. The summed E-state index contributed by atoms with van der Waals surface area (Å²) in [5.41, 5.74) is 0.580. The van der Waals surface area contributed by atoms with E-state index in [0.29, 0.717) is 50.7 Å². The second-order valence-corrected chi connectivity index (χ2v) is 5.11. The average molecular weight is 318 g/mol. The number of carbonyl (C=O) groups excluding carboxylic acids is 2. The fraction of sp³-hybridized carbons (Fsp3) is 0.412. The number of rotatable bonds is 5. The molecule has 0 bridgehead atoms. The van der Waals surface area contributed by atoms with Crippen LogP contribution in [-0.2, 0) is 4.74 Å². The zero-order valence-electron chi connectivity index (χ0n) is 13.4. The monoisotopic (exact) mass is 318 g/mol. The Kier molecular flexibility index (Phi) is 6.02. The van der Waals surface area contributed by atoms with E-state index in [2.05, 4.69) is 6.58 Å². The lowest BCUT2D eigenvalue weighted by Crippen LogP contribution is -2.50. The van der Waals surface area contributed by atoms with Gasteiger partial charge in [-0.05, 0) is 25.1 Å². The first-order valence-electron chi connectivity index (χ1n) is 7.70. The van der Waals surface area contributed by atoms with Crippen molar-refractivity contribution in [3.63, 3.8) is 0 Å². The van der Waals surface area contributed by atoms with Gasteiger partial charge in [-0.15, -0.1) is 0 Å². The van der Waals surface area contributed by atoms with Crippen LogP contribution in [0.1, 0.15) is 17.3 Å². The summed E-state index contributed by atoms with van der Waals surface area (Å²) in [6.07, 6.45) is 1.34. The molecule has 6 heteroatoms. The molecule has 0 radical (unpaired) electrons. The summed E-state index contributed by atoms with van der Waals surface area (Å²) in [5.74, 6) is 0.582. The van der Waals surface area contributed by atoms with Gasteiger partial charge in [0.2, 0.25) is 0 Å². The summed E-state index contributed by atoms with van der Waals surface area (Å²) in [7, 11) is 0. The standard InChI is InChI=1S/C17H22N2O4/c1-3-12-23-15-7-5-6-14(13-15)16(20)18-8-10-19(11-9-18)17(21)22-4-2/h3,5-7,13H,1,4,8-12H2,2H3. The van der Waals surface area contributed by atoms with Crippen molar-refractivity contribution >= 4 is 12.0 Å². The van der Waals surface area contributed by atoms with Crippen molar-refractivity contribution in [3.05, 3.63) is 42.5 Å². The highest BCUT2D eigenvalue weighted by Gasteiger charge is 2.25. The molecule has 23 heavy (non-hydrogen) atoms. The molecule has 0 aromatic heterocycles. The maximum absolute atomic E-state index is 12.5. The summed E-state index contributed by atoms with van der Waals surface area (Å²) in [4.78, 5) is 27.6. The van der Waals surface area contributed by atoms with E-state index in [-0.39, 0.29) is 12.0 Å². The van der Waals surface area contributed by atoms with E-state index >= 15 is 0 Å². The lowest BCUT2D eigenvalue weighted by molar-refractivity contribution is 0.0570. The van der Waals surface area contributed by atoms with Gasteiger partial charge >= 0.3 is 6.09 Å². The molecule has 1 heterocycles. The molecule has 124 valence electrons. The topological polar surface area (TPSA) is 59.1 Å². The molecule has 6 nitrogen and oxygen atoms in total. The molecule has 1 fully saturated rings. The Morgan fingerprint density at radius 3 is 2.57 bits per heavy atom. The summed E-state index contributed by atoms with van der Waals surface area (Å²) in [6, 6.07) is 7.09. The van der Waals surface area contributed by atoms with Gasteiger partial charge in [0, 0.05) is 31.7 Å². The van der Waals surface area contributed by atoms with Crippen LogP contribution in [0, 0.1) is 0 Å². The Labute approximate surface area is 136 Å². The van der Waals surface area contributed by atoms with Crippen LogP contribution in [0.5, 0.6) is 5.75 Å². The third-order valence-corrected chi connectivity index (χ3v) is 3.54. The minimum Gasteiger partial charge on any atom is -0.490 e. The molecule has 0 aliphatic carbocycles. The fourth-order valence-electron chi connectivity index (χ4n) is 2.36. The van der Waals surface area contributed by atoms with Gasteiger partial charge in [0.1, 0.15) is 12.4 Å². The zero-order valence-corrected chi connectivity index (χ0v) is 13.4. The lowest BCUT2D eigenvalue weighted by atomic mass is 10.1. The number of hydrogen-bond acceptors (Lipinski definition) is 4. The van der Waals surface area contributed by atoms with Crippen molar-refractivity contribution in [1.82, 2.24) is 9.80 Å². The molecule has 1 aliphatic heterocycles. The summed E-state index contributed by atoms with van der Waals surface area (Å²) >= 11 is 0. The Hall–Kier alpha value is -2.50. The summed E-state index contributed by atoms with van der Waals surface area (Å²) in [5, 5.41) is 0. The van der Waals surface area contributed by atoms with Crippen LogP contribution in [0.25, 0.3) is 0 Å². The third kappa shape index (κ3) is 4.48. The van der Waals surface area contributed by atoms with Gasteiger partial charge in [-0.2, -0.15) is 0 Å². The normalized spacial score (nSPS) is 14.3. The minimum atomic E-state index is -0.320. The van der Waals surface area contributed by atoms with Gasteiger partial charge in [0.25, 0.3) is 5.91 Å². The van der Waals surface area contributed by atoms with Crippen LogP contribution in [0.15, 0.2) is 36.9 Å². The molecule has 1 saturated heterocycles. The van der Waals surface area contributed by atoms with Crippen molar-refractivity contribution in [2.75, 3.05) is 39.4 Å². The number of nitrogens with zero attached hydrogens (tertiary/aromatic N) is 2. The van der Waals surface area contributed by atoms with E-state index < -0.39 is 0 Å². The predicted molar refractivity (Wildman–Crippen MR) is 86.6 cm³/mol. The average Bonchev–Trinajstić information content (AvgIpc) is 2.60. The molecule has 0 N–H and O–H groups in total. The zero-order chi connectivity index (χ0) is 16.7. The molecule has 0 atom stereocenters. The molecule has 0 spiro atoms. The fourth-order valence-corrected chi connectivity index (χ4v) is 2.36. The molecule has 1 aromatic rings. The number of piperazine rings is 1. The number of hydrogen-bond donors (Lipinski definition) is 0. The number of benzene rings is 1. The van der Waals surface area contributed by atoms with Gasteiger partial charge in [-0.1, -0.05) is 18.7 Å². The highest BCUT2D eigenvalue weighted by atomic mass is 16.6. The Morgan fingerprint density at radius 1 is 1.22 bits per heavy atom. The number of carbonyl (C=O) groups is 2. The van der Waals surface area contributed by atoms with Gasteiger partial charge in [0.15, 0.2) is 0 Å². The molecular formula is C17H22N2O4. The molecule has 1 aromatic carbocycles. The van der Waals surface area contributed by atoms with Crippen LogP contribution in [0.4, 0.5) is 4.79 Å². The van der Waals surface area contributed by atoms with Crippen LogP contribution >= 0.6 is 0 Å². The van der Waals surface area contributed by atoms with Gasteiger partial charge in [-0.25, -0.2) is 4.79 Å². The highest BCUT2D eigenvalue weighted by Crippen LogP contribution is 2.16. The first kappa shape index (κ1) is 16.9. The van der Waals surface area contributed by atoms with Crippen molar-refractivity contribution in [2.24, 2.45) is 0 Å². The van der Waals surface area contributed by atoms with E-state index in [1.807, 2.05) is 0 Å². The molecular weight excluding hydrogens is 296 g/mol. The van der Waals surface area contributed by atoms with Crippen LogP contribution in [0.2, 0.25) is 0 Å². The molecule has 0 saturated carbocycles. The molecule has 0 unspecified atom stereocenters. The number of ether oxygens (including phenoxy) is 2. The van der Waals surface area contributed by atoms with E-state index in [4.69, 9.17) is 9.47 Å². The maximum atomic E-state index is 12.5. The third-order valence-electron chi connectivity index (χ3n) is 3.54. The largest absolute Gasteiger partial charge is 0.490 e. The van der Waals surface area contributed by atoms with Gasteiger partial charge in [0.05, 0.1) is 6.61 Å². The second kappa shape index (κ2) is 8.22.